The predicted octanol–water partition coefficient (Wildman–Crippen LogP) is 2.85. The molecule has 1 aromatic carbocycles. The second-order valence-electron chi connectivity index (χ2n) is 3.38. The molecule has 2 aromatic rings. The van der Waals surface area contributed by atoms with Crippen molar-refractivity contribution >= 4 is 5.78 Å². The van der Waals surface area contributed by atoms with Crippen molar-refractivity contribution in [3.8, 4) is 11.5 Å². The Labute approximate surface area is 87.8 Å². The third-order valence-electron chi connectivity index (χ3n) is 2.16. The first kappa shape index (κ1) is 9.65. The van der Waals surface area contributed by atoms with E-state index in [2.05, 4.69) is 4.98 Å². The number of rotatable bonds is 2. The number of Topliss-reactive ketones (excluding diaryl/α,β-unsaturated/α-hetero) is 1. The summed E-state index contributed by atoms with van der Waals surface area (Å²) in [6.45, 7) is 3.36. The van der Waals surface area contributed by atoms with Crippen LogP contribution in [0.2, 0.25) is 0 Å². The Morgan fingerprint density at radius 1 is 1.33 bits per heavy atom. The molecule has 0 spiro atoms. The summed E-state index contributed by atoms with van der Waals surface area (Å²) in [6.07, 6.45) is 1.65. The van der Waals surface area contributed by atoms with Gasteiger partial charge in [0, 0.05) is 11.1 Å². The summed E-state index contributed by atoms with van der Waals surface area (Å²) < 4.78 is 5.40. The van der Waals surface area contributed by atoms with E-state index < -0.39 is 0 Å². The molecule has 0 atom stereocenters. The Kier molecular flexibility index (Phi) is 2.37. The van der Waals surface area contributed by atoms with Gasteiger partial charge >= 0.3 is 0 Å². The zero-order valence-electron chi connectivity index (χ0n) is 8.65. The minimum Gasteiger partial charge on any atom is -0.441 e. The van der Waals surface area contributed by atoms with Crippen molar-refractivity contribution in [1.29, 1.82) is 0 Å². The smallest absolute Gasteiger partial charge is 0.226 e. The maximum Gasteiger partial charge on any atom is 0.226 e. The number of oxazole rings is 1. The molecule has 0 radical (unpaired) electrons. The topological polar surface area (TPSA) is 43.1 Å². The molecular formula is C12H11NO2. The number of aromatic nitrogens is 1. The number of benzene rings is 1. The summed E-state index contributed by atoms with van der Waals surface area (Å²) in [5.41, 5.74) is 1.39. The van der Waals surface area contributed by atoms with Crippen LogP contribution in [0.1, 0.15) is 23.0 Å². The molecule has 3 nitrogen and oxygen atoms in total. The maximum absolute atomic E-state index is 11.4. The number of nitrogens with zero attached hydrogens (tertiary/aromatic N) is 1. The van der Waals surface area contributed by atoms with E-state index in [0.29, 0.717) is 11.5 Å². The minimum absolute atomic E-state index is 0.0152. The van der Waals surface area contributed by atoms with Gasteiger partial charge in [-0.25, -0.2) is 4.98 Å². The van der Waals surface area contributed by atoms with E-state index in [1.54, 1.807) is 12.3 Å². The molecule has 1 aromatic heterocycles. The van der Waals surface area contributed by atoms with E-state index in [1.807, 2.05) is 25.1 Å². The Bertz CT molecular complexity index is 500. The van der Waals surface area contributed by atoms with Gasteiger partial charge in [0.2, 0.25) is 5.89 Å². The second-order valence-corrected chi connectivity index (χ2v) is 3.38. The minimum atomic E-state index is 0.0152. The van der Waals surface area contributed by atoms with Crippen LogP contribution in [0.25, 0.3) is 11.5 Å². The average molecular weight is 201 g/mol. The molecule has 0 unspecified atom stereocenters. The number of aryl methyl sites for hydroxylation is 1. The first-order valence-corrected chi connectivity index (χ1v) is 4.71. The number of ketones is 1. The van der Waals surface area contributed by atoms with Gasteiger partial charge in [0.25, 0.3) is 0 Å². The molecule has 1 heterocycles. The van der Waals surface area contributed by atoms with Crippen LogP contribution in [0.5, 0.6) is 0 Å². The van der Waals surface area contributed by atoms with Crippen LogP contribution < -0.4 is 0 Å². The van der Waals surface area contributed by atoms with Crippen LogP contribution in [-0.2, 0) is 0 Å². The van der Waals surface area contributed by atoms with Gasteiger partial charge in [0.1, 0.15) is 5.76 Å². The number of carbonyl (C=O) groups excluding carboxylic acids is 1. The van der Waals surface area contributed by atoms with E-state index in [9.17, 15) is 4.79 Å². The van der Waals surface area contributed by atoms with Crippen LogP contribution in [0.3, 0.4) is 0 Å². The van der Waals surface area contributed by atoms with E-state index in [1.165, 1.54) is 6.92 Å². The van der Waals surface area contributed by atoms with E-state index >= 15 is 0 Å². The maximum atomic E-state index is 11.4. The van der Waals surface area contributed by atoms with Gasteiger partial charge in [-0.3, -0.25) is 4.79 Å². The van der Waals surface area contributed by atoms with Crippen molar-refractivity contribution in [2.45, 2.75) is 13.8 Å². The van der Waals surface area contributed by atoms with Gasteiger partial charge in [-0.15, -0.1) is 0 Å². The van der Waals surface area contributed by atoms with Gasteiger partial charge in [0.05, 0.1) is 6.20 Å². The molecule has 0 saturated heterocycles. The summed E-state index contributed by atoms with van der Waals surface area (Å²) in [7, 11) is 0. The zero-order chi connectivity index (χ0) is 10.8. The van der Waals surface area contributed by atoms with Crippen molar-refractivity contribution < 1.29 is 9.21 Å². The largest absolute Gasteiger partial charge is 0.441 e. The highest BCUT2D eigenvalue weighted by Gasteiger charge is 2.12. The molecule has 0 N–H and O–H groups in total. The summed E-state index contributed by atoms with van der Waals surface area (Å²) in [4.78, 5) is 15.5. The van der Waals surface area contributed by atoms with Crippen LogP contribution >= 0.6 is 0 Å². The average Bonchev–Trinajstić information content (AvgIpc) is 2.65. The van der Waals surface area contributed by atoms with Gasteiger partial charge in [-0.05, 0) is 19.9 Å². The Morgan fingerprint density at radius 3 is 2.67 bits per heavy atom. The molecule has 76 valence electrons. The van der Waals surface area contributed by atoms with Gasteiger partial charge < -0.3 is 4.42 Å². The first-order valence-electron chi connectivity index (χ1n) is 4.71. The Balaban J connectivity index is 2.57. The van der Waals surface area contributed by atoms with E-state index in [-0.39, 0.29) is 5.78 Å². The number of hydrogen-bond donors (Lipinski definition) is 0. The van der Waals surface area contributed by atoms with Crippen LogP contribution in [0, 0.1) is 6.92 Å². The molecule has 0 amide bonds. The Hall–Kier alpha value is -1.90. The summed E-state index contributed by atoms with van der Waals surface area (Å²) in [5, 5.41) is 0. The lowest BCUT2D eigenvalue weighted by molar-refractivity contribution is 0.101. The Morgan fingerprint density at radius 2 is 2.07 bits per heavy atom. The van der Waals surface area contributed by atoms with Crippen molar-refractivity contribution in [3.63, 3.8) is 0 Å². The molecule has 0 aliphatic rings. The third kappa shape index (κ3) is 1.81. The van der Waals surface area contributed by atoms with Crippen molar-refractivity contribution in [2.24, 2.45) is 0 Å². The molecule has 0 aliphatic heterocycles. The van der Waals surface area contributed by atoms with Crippen LogP contribution in [0.15, 0.2) is 34.9 Å². The lowest BCUT2D eigenvalue weighted by Crippen LogP contribution is -1.95. The van der Waals surface area contributed by atoms with Crippen molar-refractivity contribution in [2.75, 3.05) is 0 Å². The van der Waals surface area contributed by atoms with E-state index in [4.69, 9.17) is 4.42 Å². The van der Waals surface area contributed by atoms with Gasteiger partial charge in [-0.1, -0.05) is 18.2 Å². The zero-order valence-corrected chi connectivity index (χ0v) is 8.65. The monoisotopic (exact) mass is 201 g/mol. The fraction of sp³-hybridized carbons (Fsp3) is 0.167. The molecular weight excluding hydrogens is 190 g/mol. The van der Waals surface area contributed by atoms with Crippen molar-refractivity contribution in [3.05, 3.63) is 41.8 Å². The molecule has 15 heavy (non-hydrogen) atoms. The fourth-order valence-electron chi connectivity index (χ4n) is 1.46. The number of carbonyl (C=O) groups is 1. The number of hydrogen-bond acceptors (Lipinski definition) is 3. The van der Waals surface area contributed by atoms with Crippen LogP contribution in [0.4, 0.5) is 0 Å². The SMILES string of the molecule is CC(=O)c1ccccc1-c1ncc(C)o1. The second kappa shape index (κ2) is 3.69. The fourth-order valence-corrected chi connectivity index (χ4v) is 1.46. The van der Waals surface area contributed by atoms with Crippen molar-refractivity contribution in [1.82, 2.24) is 4.98 Å². The lowest BCUT2D eigenvalue weighted by Gasteiger charge is -2.01. The standard InChI is InChI=1S/C12H11NO2/c1-8-7-13-12(15-8)11-6-4-3-5-10(11)9(2)14/h3-7H,1-2H3. The highest BCUT2D eigenvalue weighted by molar-refractivity contribution is 5.99. The highest BCUT2D eigenvalue weighted by Crippen LogP contribution is 2.23. The van der Waals surface area contributed by atoms with Gasteiger partial charge in [-0.2, -0.15) is 0 Å². The highest BCUT2D eigenvalue weighted by atomic mass is 16.4. The molecule has 2 rings (SSSR count). The molecule has 0 saturated carbocycles. The first-order chi connectivity index (χ1) is 7.18. The van der Waals surface area contributed by atoms with Gasteiger partial charge in [0.15, 0.2) is 5.78 Å². The molecule has 0 aliphatic carbocycles. The predicted molar refractivity (Wildman–Crippen MR) is 56.7 cm³/mol. The molecule has 0 fully saturated rings. The molecule has 0 bridgehead atoms. The van der Waals surface area contributed by atoms with Crippen LogP contribution in [-0.4, -0.2) is 10.8 Å². The summed E-state index contributed by atoms with van der Waals surface area (Å²) in [6, 6.07) is 7.30. The normalized spacial score (nSPS) is 10.3. The summed E-state index contributed by atoms with van der Waals surface area (Å²) in [5.74, 6) is 1.25. The van der Waals surface area contributed by atoms with E-state index in [0.717, 1.165) is 11.3 Å². The summed E-state index contributed by atoms with van der Waals surface area (Å²) >= 11 is 0. The lowest BCUT2D eigenvalue weighted by atomic mass is 10.0. The molecule has 3 heteroatoms. The third-order valence-corrected chi connectivity index (χ3v) is 2.16. The quantitative estimate of drug-likeness (QED) is 0.701.